The molecule has 0 aliphatic heterocycles. The lowest BCUT2D eigenvalue weighted by Crippen LogP contribution is -2.26. The summed E-state index contributed by atoms with van der Waals surface area (Å²) in [6.07, 6.45) is 2.25. The average molecular weight is 333 g/mol. The summed E-state index contributed by atoms with van der Waals surface area (Å²) in [7, 11) is 0. The van der Waals surface area contributed by atoms with Gasteiger partial charge in [-0.2, -0.15) is 0 Å². The first-order valence-electron chi connectivity index (χ1n) is 7.59. The molecule has 118 valence electrons. The molecule has 2 aromatic carbocycles. The first-order chi connectivity index (χ1) is 11.7. The van der Waals surface area contributed by atoms with Crippen LogP contribution in [0.15, 0.2) is 71.1 Å². The van der Waals surface area contributed by atoms with E-state index < -0.39 is 0 Å². The van der Waals surface area contributed by atoms with Crippen molar-refractivity contribution in [2.24, 2.45) is 0 Å². The summed E-state index contributed by atoms with van der Waals surface area (Å²) >= 11 is 1.46. The van der Waals surface area contributed by atoms with Crippen molar-refractivity contribution in [1.29, 1.82) is 0 Å². The van der Waals surface area contributed by atoms with Crippen LogP contribution in [0, 0.1) is 0 Å². The number of aromatic nitrogens is 2. The molecular formula is C19H15N3OS. The predicted octanol–water partition coefficient (Wildman–Crippen LogP) is 3.43. The molecule has 5 heteroatoms. The fraction of sp³-hybridized carbons (Fsp3) is 0.0526. The topological polar surface area (TPSA) is 60.9 Å². The molecule has 0 aliphatic rings. The molecule has 24 heavy (non-hydrogen) atoms. The molecule has 0 fully saturated rings. The Bertz CT molecular complexity index is 1050. The van der Waals surface area contributed by atoms with Gasteiger partial charge in [0.25, 0.3) is 5.56 Å². The van der Waals surface area contributed by atoms with E-state index in [4.69, 9.17) is 5.84 Å². The lowest BCUT2D eigenvalue weighted by atomic mass is 10.0. The number of hydrogen-bond acceptors (Lipinski definition) is 4. The van der Waals surface area contributed by atoms with Crippen molar-refractivity contribution in [3.05, 3.63) is 87.8 Å². The zero-order valence-corrected chi connectivity index (χ0v) is 13.7. The van der Waals surface area contributed by atoms with Gasteiger partial charge in [-0.15, -0.1) is 11.3 Å². The minimum absolute atomic E-state index is 0.218. The quantitative estimate of drug-likeness (QED) is 0.584. The molecule has 0 spiro atoms. The van der Waals surface area contributed by atoms with Crippen LogP contribution in [0.25, 0.3) is 21.3 Å². The standard InChI is InChI=1S/C19H15N3OS/c20-22-12-21-18-17(19(22)23)16(11-24-18)15-8-6-14(7-9-15)10-13-4-2-1-3-5-13/h1-9,11-12H,10,20H2. The number of thiophene rings is 1. The van der Waals surface area contributed by atoms with E-state index in [-0.39, 0.29) is 5.56 Å². The third kappa shape index (κ3) is 2.59. The summed E-state index contributed by atoms with van der Waals surface area (Å²) in [5, 5.41) is 2.55. The van der Waals surface area contributed by atoms with E-state index in [0.29, 0.717) is 10.2 Å². The van der Waals surface area contributed by atoms with Crippen molar-refractivity contribution >= 4 is 21.6 Å². The first-order valence-corrected chi connectivity index (χ1v) is 8.47. The van der Waals surface area contributed by atoms with Gasteiger partial charge in [0.2, 0.25) is 0 Å². The maximum Gasteiger partial charge on any atom is 0.281 e. The average Bonchev–Trinajstić information content (AvgIpc) is 3.05. The van der Waals surface area contributed by atoms with Crippen LogP contribution < -0.4 is 11.4 Å². The molecule has 0 saturated heterocycles. The lowest BCUT2D eigenvalue weighted by molar-refractivity contribution is 0.916. The van der Waals surface area contributed by atoms with Gasteiger partial charge in [0, 0.05) is 10.9 Å². The second-order valence-electron chi connectivity index (χ2n) is 5.65. The Labute approximate surface area is 142 Å². The van der Waals surface area contributed by atoms with Crippen molar-refractivity contribution in [3.8, 4) is 11.1 Å². The second-order valence-corrected chi connectivity index (χ2v) is 6.50. The molecule has 0 atom stereocenters. The first kappa shape index (κ1) is 14.7. The summed E-state index contributed by atoms with van der Waals surface area (Å²) in [6, 6.07) is 18.7. The molecule has 0 bridgehead atoms. The molecule has 4 aromatic rings. The van der Waals surface area contributed by atoms with E-state index in [2.05, 4.69) is 29.2 Å². The van der Waals surface area contributed by atoms with Crippen LogP contribution in [0.2, 0.25) is 0 Å². The van der Waals surface area contributed by atoms with Gasteiger partial charge in [-0.05, 0) is 23.1 Å². The van der Waals surface area contributed by atoms with Crippen LogP contribution in [-0.2, 0) is 6.42 Å². The van der Waals surface area contributed by atoms with E-state index in [0.717, 1.165) is 22.2 Å². The number of hydrogen-bond donors (Lipinski definition) is 1. The van der Waals surface area contributed by atoms with Gasteiger partial charge in [0.15, 0.2) is 0 Å². The molecule has 0 aliphatic carbocycles. The molecule has 2 N–H and O–H groups in total. The Hall–Kier alpha value is -2.92. The number of fused-ring (bicyclic) bond motifs is 1. The van der Waals surface area contributed by atoms with Crippen LogP contribution in [0.1, 0.15) is 11.1 Å². The summed E-state index contributed by atoms with van der Waals surface area (Å²) in [4.78, 5) is 17.2. The van der Waals surface area contributed by atoms with Crippen LogP contribution in [-0.4, -0.2) is 9.66 Å². The number of nitrogens with zero attached hydrogens (tertiary/aromatic N) is 2. The van der Waals surface area contributed by atoms with E-state index in [9.17, 15) is 4.79 Å². The zero-order valence-electron chi connectivity index (χ0n) is 12.8. The molecular weight excluding hydrogens is 318 g/mol. The fourth-order valence-corrected chi connectivity index (χ4v) is 3.70. The van der Waals surface area contributed by atoms with Crippen molar-refractivity contribution in [3.63, 3.8) is 0 Å². The number of benzene rings is 2. The molecule has 0 radical (unpaired) electrons. The van der Waals surface area contributed by atoms with E-state index in [1.54, 1.807) is 0 Å². The molecule has 2 heterocycles. The lowest BCUT2D eigenvalue weighted by Gasteiger charge is -2.05. The Morgan fingerprint density at radius 1 is 1.00 bits per heavy atom. The van der Waals surface area contributed by atoms with Crippen molar-refractivity contribution in [2.75, 3.05) is 5.84 Å². The van der Waals surface area contributed by atoms with E-state index in [1.807, 2.05) is 35.7 Å². The Kier molecular flexibility index (Phi) is 3.63. The monoisotopic (exact) mass is 333 g/mol. The molecule has 0 amide bonds. The van der Waals surface area contributed by atoms with Crippen LogP contribution in [0.5, 0.6) is 0 Å². The predicted molar refractivity (Wildman–Crippen MR) is 98.7 cm³/mol. The summed E-state index contributed by atoms with van der Waals surface area (Å²) < 4.78 is 1.03. The Balaban J connectivity index is 1.71. The van der Waals surface area contributed by atoms with E-state index in [1.165, 1.54) is 28.8 Å². The summed E-state index contributed by atoms with van der Waals surface area (Å²) in [6.45, 7) is 0. The molecule has 0 unspecified atom stereocenters. The van der Waals surface area contributed by atoms with Crippen molar-refractivity contribution in [1.82, 2.24) is 9.66 Å². The minimum atomic E-state index is -0.218. The van der Waals surface area contributed by atoms with Gasteiger partial charge in [-0.25, -0.2) is 9.66 Å². The SMILES string of the molecule is Nn1cnc2scc(-c3ccc(Cc4ccccc4)cc3)c2c1=O. The number of nitrogens with two attached hydrogens (primary N) is 1. The highest BCUT2D eigenvalue weighted by Gasteiger charge is 2.12. The zero-order chi connectivity index (χ0) is 16.5. The van der Waals surface area contributed by atoms with Gasteiger partial charge >= 0.3 is 0 Å². The summed E-state index contributed by atoms with van der Waals surface area (Å²) in [5.41, 5.74) is 4.19. The third-order valence-corrected chi connectivity index (χ3v) is 4.92. The maximum absolute atomic E-state index is 12.3. The normalized spacial score (nSPS) is 11.0. The minimum Gasteiger partial charge on any atom is -0.335 e. The smallest absolute Gasteiger partial charge is 0.281 e. The highest BCUT2D eigenvalue weighted by atomic mass is 32.1. The van der Waals surface area contributed by atoms with Gasteiger partial charge in [0.1, 0.15) is 11.2 Å². The van der Waals surface area contributed by atoms with E-state index >= 15 is 0 Å². The largest absolute Gasteiger partial charge is 0.335 e. The summed E-state index contributed by atoms with van der Waals surface area (Å²) in [5.74, 6) is 5.65. The fourth-order valence-electron chi connectivity index (χ4n) is 2.79. The van der Waals surface area contributed by atoms with Crippen LogP contribution >= 0.6 is 11.3 Å². The highest BCUT2D eigenvalue weighted by molar-refractivity contribution is 7.17. The van der Waals surface area contributed by atoms with Gasteiger partial charge in [-0.3, -0.25) is 4.79 Å². The number of nitrogen functional groups attached to an aromatic ring is 1. The van der Waals surface area contributed by atoms with Gasteiger partial charge in [0.05, 0.1) is 5.39 Å². The van der Waals surface area contributed by atoms with Gasteiger partial charge in [-0.1, -0.05) is 54.6 Å². The number of rotatable bonds is 3. The maximum atomic E-state index is 12.3. The molecule has 4 nitrogen and oxygen atoms in total. The van der Waals surface area contributed by atoms with Crippen LogP contribution in [0.4, 0.5) is 0 Å². The molecule has 0 saturated carbocycles. The Morgan fingerprint density at radius 2 is 1.71 bits per heavy atom. The highest BCUT2D eigenvalue weighted by Crippen LogP contribution is 2.30. The van der Waals surface area contributed by atoms with Gasteiger partial charge < -0.3 is 5.84 Å². The molecule has 4 rings (SSSR count). The molecule has 2 aromatic heterocycles. The Morgan fingerprint density at radius 3 is 2.46 bits per heavy atom. The third-order valence-electron chi connectivity index (χ3n) is 4.04. The van der Waals surface area contributed by atoms with Crippen LogP contribution in [0.3, 0.4) is 0 Å². The van der Waals surface area contributed by atoms with Crippen molar-refractivity contribution in [2.45, 2.75) is 6.42 Å². The second kappa shape index (κ2) is 5.94. The van der Waals surface area contributed by atoms with Crippen molar-refractivity contribution < 1.29 is 0 Å².